The largest absolute Gasteiger partial charge is 0.382 e. The van der Waals surface area contributed by atoms with E-state index < -0.39 is 11.2 Å². The lowest BCUT2D eigenvalue weighted by atomic mass is 9.75. The standard InChI is InChI=1S/C12H14O2/c13-11(7-3-1-4-8-11)12(14)9-5-2-6-10-12/h1-7,9,13-14H,8,10H2/t11-,12-/m1/s1. The Kier molecular flexibility index (Phi) is 2.17. The zero-order valence-electron chi connectivity index (χ0n) is 7.93. The summed E-state index contributed by atoms with van der Waals surface area (Å²) in [5.74, 6) is 0. The van der Waals surface area contributed by atoms with Gasteiger partial charge in [0.25, 0.3) is 0 Å². The molecule has 0 aromatic heterocycles. The van der Waals surface area contributed by atoms with Crippen LogP contribution in [0.1, 0.15) is 12.8 Å². The molecule has 0 saturated heterocycles. The average Bonchev–Trinajstić information content (AvgIpc) is 2.20. The molecular formula is C12H14O2. The Labute approximate surface area is 83.6 Å². The second kappa shape index (κ2) is 3.23. The number of aliphatic hydroxyl groups is 2. The summed E-state index contributed by atoms with van der Waals surface area (Å²) >= 11 is 0. The van der Waals surface area contributed by atoms with Crippen LogP contribution in [0.15, 0.2) is 48.6 Å². The van der Waals surface area contributed by atoms with Crippen LogP contribution in [-0.4, -0.2) is 21.4 Å². The summed E-state index contributed by atoms with van der Waals surface area (Å²) in [5, 5.41) is 20.6. The second-order valence-electron chi connectivity index (χ2n) is 3.83. The molecule has 0 amide bonds. The van der Waals surface area contributed by atoms with Gasteiger partial charge in [0.05, 0.1) is 0 Å². The van der Waals surface area contributed by atoms with Gasteiger partial charge in [0, 0.05) is 12.8 Å². The SMILES string of the molecule is O[C@]1([C@@]2(O)C=CC=CC2)C=CC=CC1. The van der Waals surface area contributed by atoms with Gasteiger partial charge in [-0.05, 0) is 12.2 Å². The summed E-state index contributed by atoms with van der Waals surface area (Å²) in [6.45, 7) is 0. The van der Waals surface area contributed by atoms with E-state index >= 15 is 0 Å². The Hall–Kier alpha value is -1.12. The maximum atomic E-state index is 10.3. The van der Waals surface area contributed by atoms with Crippen molar-refractivity contribution in [2.75, 3.05) is 0 Å². The van der Waals surface area contributed by atoms with Crippen LogP contribution in [-0.2, 0) is 0 Å². The van der Waals surface area contributed by atoms with Gasteiger partial charge >= 0.3 is 0 Å². The topological polar surface area (TPSA) is 40.5 Å². The summed E-state index contributed by atoms with van der Waals surface area (Å²) < 4.78 is 0. The first-order chi connectivity index (χ1) is 6.66. The number of allylic oxidation sites excluding steroid dienone is 4. The molecule has 0 aliphatic heterocycles. The monoisotopic (exact) mass is 190 g/mol. The van der Waals surface area contributed by atoms with Crippen molar-refractivity contribution in [3.05, 3.63) is 48.6 Å². The summed E-state index contributed by atoms with van der Waals surface area (Å²) in [7, 11) is 0. The van der Waals surface area contributed by atoms with Gasteiger partial charge in [-0.2, -0.15) is 0 Å². The fraction of sp³-hybridized carbons (Fsp3) is 0.333. The molecule has 0 radical (unpaired) electrons. The molecule has 0 spiro atoms. The van der Waals surface area contributed by atoms with Crippen molar-refractivity contribution >= 4 is 0 Å². The van der Waals surface area contributed by atoms with Crippen molar-refractivity contribution in [2.24, 2.45) is 0 Å². The highest BCUT2D eigenvalue weighted by Gasteiger charge is 2.44. The van der Waals surface area contributed by atoms with Gasteiger partial charge in [0.1, 0.15) is 11.2 Å². The van der Waals surface area contributed by atoms with Crippen LogP contribution in [0.5, 0.6) is 0 Å². The molecule has 74 valence electrons. The van der Waals surface area contributed by atoms with Crippen LogP contribution >= 0.6 is 0 Å². The zero-order valence-corrected chi connectivity index (χ0v) is 7.93. The van der Waals surface area contributed by atoms with Crippen molar-refractivity contribution in [3.8, 4) is 0 Å². The van der Waals surface area contributed by atoms with Gasteiger partial charge in [-0.25, -0.2) is 0 Å². The molecule has 2 atom stereocenters. The zero-order chi connectivity index (χ0) is 10.1. The Morgan fingerprint density at radius 2 is 1.14 bits per heavy atom. The third-order valence-electron chi connectivity index (χ3n) is 2.85. The van der Waals surface area contributed by atoms with Crippen LogP contribution < -0.4 is 0 Å². The first-order valence-corrected chi connectivity index (χ1v) is 4.80. The van der Waals surface area contributed by atoms with Gasteiger partial charge in [0.2, 0.25) is 0 Å². The van der Waals surface area contributed by atoms with Crippen LogP contribution in [0.2, 0.25) is 0 Å². The van der Waals surface area contributed by atoms with E-state index in [-0.39, 0.29) is 0 Å². The summed E-state index contributed by atoms with van der Waals surface area (Å²) in [4.78, 5) is 0. The fourth-order valence-electron chi connectivity index (χ4n) is 1.86. The van der Waals surface area contributed by atoms with E-state index in [1.807, 2.05) is 24.3 Å². The van der Waals surface area contributed by atoms with Gasteiger partial charge in [-0.1, -0.05) is 36.5 Å². The van der Waals surface area contributed by atoms with Gasteiger partial charge < -0.3 is 10.2 Å². The Bertz CT molecular complexity index is 304. The van der Waals surface area contributed by atoms with Crippen molar-refractivity contribution in [3.63, 3.8) is 0 Å². The predicted octanol–water partition coefficient (Wildman–Crippen LogP) is 1.48. The van der Waals surface area contributed by atoms with E-state index in [1.165, 1.54) is 0 Å². The number of rotatable bonds is 1. The quantitative estimate of drug-likeness (QED) is 0.657. The van der Waals surface area contributed by atoms with Gasteiger partial charge in [0.15, 0.2) is 0 Å². The molecule has 2 aliphatic carbocycles. The Morgan fingerprint density at radius 3 is 1.43 bits per heavy atom. The third-order valence-corrected chi connectivity index (χ3v) is 2.85. The van der Waals surface area contributed by atoms with Crippen LogP contribution in [0.25, 0.3) is 0 Å². The van der Waals surface area contributed by atoms with E-state index in [1.54, 1.807) is 24.3 Å². The molecule has 0 fully saturated rings. The minimum Gasteiger partial charge on any atom is -0.382 e. The first kappa shape index (κ1) is 9.44. The van der Waals surface area contributed by atoms with E-state index in [0.717, 1.165) is 0 Å². The fourth-order valence-corrected chi connectivity index (χ4v) is 1.86. The van der Waals surface area contributed by atoms with E-state index in [2.05, 4.69) is 0 Å². The summed E-state index contributed by atoms with van der Waals surface area (Å²) in [6.07, 6.45) is 15.3. The molecule has 0 heterocycles. The van der Waals surface area contributed by atoms with Gasteiger partial charge in [-0.15, -0.1) is 0 Å². The van der Waals surface area contributed by atoms with Crippen LogP contribution in [0.3, 0.4) is 0 Å². The molecule has 0 aromatic rings. The highest BCUT2D eigenvalue weighted by Crippen LogP contribution is 2.35. The maximum absolute atomic E-state index is 10.3. The summed E-state index contributed by atoms with van der Waals surface area (Å²) in [6, 6.07) is 0. The number of hydrogen-bond acceptors (Lipinski definition) is 2. The minimum absolute atomic E-state index is 0.457. The molecule has 2 aliphatic rings. The Morgan fingerprint density at radius 1 is 0.714 bits per heavy atom. The lowest BCUT2D eigenvalue weighted by Gasteiger charge is -2.40. The van der Waals surface area contributed by atoms with Crippen molar-refractivity contribution in [1.29, 1.82) is 0 Å². The third kappa shape index (κ3) is 1.37. The molecule has 2 heteroatoms. The second-order valence-corrected chi connectivity index (χ2v) is 3.83. The van der Waals surface area contributed by atoms with Crippen molar-refractivity contribution < 1.29 is 10.2 Å². The average molecular weight is 190 g/mol. The molecule has 2 N–H and O–H groups in total. The van der Waals surface area contributed by atoms with Gasteiger partial charge in [-0.3, -0.25) is 0 Å². The molecule has 2 nitrogen and oxygen atoms in total. The number of hydrogen-bond donors (Lipinski definition) is 2. The van der Waals surface area contributed by atoms with E-state index in [0.29, 0.717) is 12.8 Å². The smallest absolute Gasteiger partial charge is 0.119 e. The molecule has 2 rings (SSSR count). The lowest BCUT2D eigenvalue weighted by molar-refractivity contribution is -0.0892. The van der Waals surface area contributed by atoms with Crippen LogP contribution in [0, 0.1) is 0 Å². The minimum atomic E-state index is -1.16. The molecule has 0 aromatic carbocycles. The first-order valence-electron chi connectivity index (χ1n) is 4.80. The van der Waals surface area contributed by atoms with Crippen molar-refractivity contribution in [1.82, 2.24) is 0 Å². The van der Waals surface area contributed by atoms with Crippen molar-refractivity contribution in [2.45, 2.75) is 24.0 Å². The molecule has 14 heavy (non-hydrogen) atoms. The molecular weight excluding hydrogens is 176 g/mol. The van der Waals surface area contributed by atoms with Crippen LogP contribution in [0.4, 0.5) is 0 Å². The summed E-state index contributed by atoms with van der Waals surface area (Å²) in [5.41, 5.74) is -2.33. The normalized spacial score (nSPS) is 40.4. The maximum Gasteiger partial charge on any atom is 0.119 e. The highest BCUT2D eigenvalue weighted by molar-refractivity contribution is 5.31. The lowest BCUT2D eigenvalue weighted by Crippen LogP contribution is -2.52. The van der Waals surface area contributed by atoms with E-state index in [9.17, 15) is 10.2 Å². The molecule has 0 unspecified atom stereocenters. The molecule has 0 bridgehead atoms. The van der Waals surface area contributed by atoms with E-state index in [4.69, 9.17) is 0 Å². The molecule has 0 saturated carbocycles. The predicted molar refractivity (Wildman–Crippen MR) is 55.7 cm³/mol. The highest BCUT2D eigenvalue weighted by atomic mass is 16.4. The Balaban J connectivity index is 2.29.